The maximum Gasteiger partial charge on any atom is 0.286 e. The number of hydrogen-bond donors (Lipinski definition) is 0. The zero-order valence-electron chi connectivity index (χ0n) is 9.75. The molecule has 0 aliphatic carbocycles. The quantitative estimate of drug-likeness (QED) is 0.771. The Morgan fingerprint density at radius 3 is 2.39 bits per heavy atom. The highest BCUT2D eigenvalue weighted by Gasteiger charge is 2.10. The van der Waals surface area contributed by atoms with E-state index >= 15 is 0 Å². The summed E-state index contributed by atoms with van der Waals surface area (Å²) in [6.07, 6.45) is 0. The zero-order chi connectivity index (χ0) is 13.0. The minimum atomic E-state index is -3.50. The third-order valence-electron chi connectivity index (χ3n) is 2.24. The van der Waals surface area contributed by atoms with Gasteiger partial charge in [-0.1, -0.05) is 35.9 Å². The lowest BCUT2D eigenvalue weighted by atomic mass is 10.2. The molecule has 0 heterocycles. The van der Waals surface area contributed by atoms with Gasteiger partial charge in [0.25, 0.3) is 10.0 Å². The molecule has 18 heavy (non-hydrogen) atoms. The van der Waals surface area contributed by atoms with E-state index in [-0.39, 0.29) is 4.90 Å². The van der Waals surface area contributed by atoms with E-state index in [1.165, 1.54) is 0 Å². The Kier molecular flexibility index (Phi) is 4.23. The van der Waals surface area contributed by atoms with Gasteiger partial charge in [-0.3, -0.25) is 0 Å². The SMILES string of the molecule is Cc1cccc(I=NS(=O)(=O)c2ccccc2)c1. The standard InChI is InChI=1S/C13H12INO2S/c1-11-6-5-7-12(10-11)14-15-18(16,17)13-8-3-2-4-9-13/h2-10H,1H3. The number of benzene rings is 2. The fourth-order valence-corrected chi connectivity index (χ4v) is 5.27. The number of hydrogen-bond acceptors (Lipinski definition) is 2. The molecule has 0 saturated heterocycles. The fourth-order valence-electron chi connectivity index (χ4n) is 1.38. The van der Waals surface area contributed by atoms with E-state index in [9.17, 15) is 8.42 Å². The van der Waals surface area contributed by atoms with E-state index in [0.29, 0.717) is 0 Å². The van der Waals surface area contributed by atoms with Crippen molar-refractivity contribution in [1.29, 1.82) is 0 Å². The first-order valence-electron chi connectivity index (χ1n) is 5.31. The maximum atomic E-state index is 12.0. The lowest BCUT2D eigenvalue weighted by Gasteiger charge is -1.97. The predicted molar refractivity (Wildman–Crippen MR) is 80.0 cm³/mol. The van der Waals surface area contributed by atoms with Crippen molar-refractivity contribution >= 4 is 31.1 Å². The second-order valence-corrected chi connectivity index (χ2v) is 8.21. The van der Waals surface area contributed by atoms with E-state index in [2.05, 4.69) is 2.55 Å². The Labute approximate surface area is 117 Å². The van der Waals surface area contributed by atoms with Crippen LogP contribution in [0.4, 0.5) is 0 Å². The number of aryl methyl sites for hydroxylation is 1. The van der Waals surface area contributed by atoms with Gasteiger partial charge in [0.05, 0.1) is 4.90 Å². The highest BCUT2D eigenvalue weighted by Crippen LogP contribution is 2.21. The molecule has 0 saturated carbocycles. The average molecular weight is 373 g/mol. The first-order chi connectivity index (χ1) is 8.58. The summed E-state index contributed by atoms with van der Waals surface area (Å²) in [5.41, 5.74) is 1.12. The van der Waals surface area contributed by atoms with Gasteiger partial charge in [0, 0.05) is 24.6 Å². The van der Waals surface area contributed by atoms with Crippen LogP contribution in [0.25, 0.3) is 0 Å². The third-order valence-corrected chi connectivity index (χ3v) is 6.74. The van der Waals surface area contributed by atoms with Crippen LogP contribution in [0.5, 0.6) is 0 Å². The van der Waals surface area contributed by atoms with E-state index < -0.39 is 31.1 Å². The summed E-state index contributed by atoms with van der Waals surface area (Å²) in [6.45, 7) is 1.99. The highest BCUT2D eigenvalue weighted by molar-refractivity contribution is 14.2. The highest BCUT2D eigenvalue weighted by atomic mass is 127. The minimum absolute atomic E-state index is 0.261. The lowest BCUT2D eigenvalue weighted by Crippen LogP contribution is -1.93. The Morgan fingerprint density at radius 2 is 1.72 bits per heavy atom. The molecule has 0 unspecified atom stereocenters. The Morgan fingerprint density at radius 1 is 1.00 bits per heavy atom. The molecule has 3 nitrogen and oxygen atoms in total. The van der Waals surface area contributed by atoms with Gasteiger partial charge in [0.1, 0.15) is 0 Å². The van der Waals surface area contributed by atoms with Crippen molar-refractivity contribution in [3.8, 4) is 0 Å². The Balaban J connectivity index is 2.29. The van der Waals surface area contributed by atoms with Crippen molar-refractivity contribution in [3.05, 3.63) is 63.7 Å². The van der Waals surface area contributed by atoms with Crippen molar-refractivity contribution < 1.29 is 8.42 Å². The van der Waals surface area contributed by atoms with Gasteiger partial charge in [-0.2, -0.15) is 8.42 Å². The van der Waals surface area contributed by atoms with E-state index in [0.717, 1.165) is 9.13 Å². The predicted octanol–water partition coefficient (Wildman–Crippen LogP) is 3.71. The van der Waals surface area contributed by atoms with Gasteiger partial charge in [-0.25, -0.2) is 0 Å². The average Bonchev–Trinajstić information content (AvgIpc) is 2.38. The first kappa shape index (κ1) is 13.4. The molecule has 0 amide bonds. The molecule has 0 spiro atoms. The number of nitrogens with zero attached hydrogens (tertiary/aromatic N) is 1. The molecule has 0 N–H and O–H groups in total. The van der Waals surface area contributed by atoms with E-state index in [1.807, 2.05) is 31.2 Å². The molecule has 2 rings (SSSR count). The normalized spacial score (nSPS) is 12.3. The number of sulfonamides is 1. The molecule has 2 aromatic rings. The van der Waals surface area contributed by atoms with Crippen LogP contribution in [0.1, 0.15) is 5.56 Å². The molecule has 0 bridgehead atoms. The molecule has 0 aliphatic rings. The molecule has 2 aromatic carbocycles. The number of halogens is 1. The van der Waals surface area contributed by atoms with E-state index in [4.69, 9.17) is 0 Å². The van der Waals surface area contributed by atoms with Gasteiger partial charge < -0.3 is 0 Å². The molecule has 94 valence electrons. The number of rotatable bonds is 3. The molecular weight excluding hydrogens is 361 g/mol. The Hall–Kier alpha value is -1.08. The molecule has 0 fully saturated rings. The summed E-state index contributed by atoms with van der Waals surface area (Å²) >= 11 is -0.869. The summed E-state index contributed by atoms with van der Waals surface area (Å²) in [6, 6.07) is 16.1. The molecule has 0 radical (unpaired) electrons. The summed E-state index contributed by atoms with van der Waals surface area (Å²) < 4.78 is 28.8. The van der Waals surface area contributed by atoms with Gasteiger partial charge >= 0.3 is 0 Å². The molecule has 0 atom stereocenters. The second kappa shape index (κ2) is 5.71. The van der Waals surface area contributed by atoms with Crippen LogP contribution in [-0.2, 0) is 10.0 Å². The van der Waals surface area contributed by atoms with Crippen LogP contribution >= 0.6 is 21.0 Å². The van der Waals surface area contributed by atoms with Crippen molar-refractivity contribution in [3.63, 3.8) is 0 Å². The zero-order valence-corrected chi connectivity index (χ0v) is 12.7. The largest absolute Gasteiger partial charge is 0.286 e. The summed E-state index contributed by atoms with van der Waals surface area (Å²) in [4.78, 5) is 0.261. The molecular formula is C13H12INO2S. The van der Waals surface area contributed by atoms with Crippen molar-refractivity contribution in [2.45, 2.75) is 11.8 Å². The van der Waals surface area contributed by atoms with Crippen LogP contribution in [0, 0.1) is 10.5 Å². The first-order valence-corrected chi connectivity index (χ1v) is 8.79. The lowest BCUT2D eigenvalue weighted by molar-refractivity contribution is 0.599. The fraction of sp³-hybridized carbons (Fsp3) is 0.0769. The van der Waals surface area contributed by atoms with Gasteiger partial charge in [-0.05, 0) is 31.2 Å². The van der Waals surface area contributed by atoms with Crippen LogP contribution in [-0.4, -0.2) is 8.42 Å². The van der Waals surface area contributed by atoms with E-state index in [1.54, 1.807) is 30.3 Å². The Bertz CT molecular complexity index is 666. The van der Waals surface area contributed by atoms with Crippen LogP contribution in [0.2, 0.25) is 0 Å². The van der Waals surface area contributed by atoms with Crippen LogP contribution in [0.3, 0.4) is 0 Å². The minimum Gasteiger partial charge on any atom is -0.199 e. The smallest absolute Gasteiger partial charge is 0.199 e. The maximum absolute atomic E-state index is 12.0. The third kappa shape index (κ3) is 3.46. The van der Waals surface area contributed by atoms with Gasteiger partial charge in [-0.15, -0.1) is 2.55 Å². The summed E-state index contributed by atoms with van der Waals surface area (Å²) in [5.74, 6) is 0. The molecule has 5 heteroatoms. The topological polar surface area (TPSA) is 46.5 Å². The summed E-state index contributed by atoms with van der Waals surface area (Å²) in [5, 5.41) is 0. The molecule has 0 aromatic heterocycles. The summed E-state index contributed by atoms with van der Waals surface area (Å²) in [7, 11) is -3.50. The van der Waals surface area contributed by atoms with Crippen LogP contribution < -0.4 is 0 Å². The van der Waals surface area contributed by atoms with Gasteiger partial charge in [0.2, 0.25) is 0 Å². The van der Waals surface area contributed by atoms with Crippen molar-refractivity contribution in [1.82, 2.24) is 0 Å². The second-order valence-electron chi connectivity index (χ2n) is 3.74. The van der Waals surface area contributed by atoms with Gasteiger partial charge in [0.15, 0.2) is 0 Å². The monoisotopic (exact) mass is 373 g/mol. The van der Waals surface area contributed by atoms with Crippen LogP contribution in [0.15, 0.2) is 62.0 Å². The van der Waals surface area contributed by atoms with Crippen molar-refractivity contribution in [2.75, 3.05) is 0 Å². The van der Waals surface area contributed by atoms with Crippen molar-refractivity contribution in [2.24, 2.45) is 2.55 Å². The molecule has 0 aliphatic heterocycles.